The van der Waals surface area contributed by atoms with Crippen molar-refractivity contribution in [1.29, 1.82) is 0 Å². The average molecular weight is 1450 g/mol. The second-order valence-corrected chi connectivity index (χ2v) is 28.8. The SMILES string of the molecule is c1ccc(-c2ccc(-c3cc(-c4ccc(-n5c6ccccc6c6c(-c7ccccc7)nc7ccc8ccccc8c7c65)cc4)nc(-c4ccccc4)n3)cc2)cc1.c1ccc(-c2ccc(-c3cc(-c4ccccc4)nc(-c4ccc(-n5c6ccccc6c6c(-c7ccccc7)nc7ccc8ccccc8c7c65)cc4)n3)cc2)cc1. The predicted octanol–water partition coefficient (Wildman–Crippen LogP) is 27.2. The monoisotopic (exact) mass is 1450 g/mol. The Bertz CT molecular complexity index is 6930. The molecule has 0 saturated carbocycles. The smallest absolute Gasteiger partial charge is 0.160 e. The second-order valence-electron chi connectivity index (χ2n) is 28.8. The fourth-order valence-corrected chi connectivity index (χ4v) is 16.5. The van der Waals surface area contributed by atoms with Gasteiger partial charge in [0.2, 0.25) is 0 Å². The van der Waals surface area contributed by atoms with Crippen LogP contribution < -0.4 is 0 Å². The van der Waals surface area contributed by atoms with Crippen molar-refractivity contribution in [1.82, 2.24) is 39.0 Å². The maximum atomic E-state index is 5.39. The predicted molar refractivity (Wildman–Crippen MR) is 473 cm³/mol. The minimum atomic E-state index is 0.680. The van der Waals surface area contributed by atoms with Crippen molar-refractivity contribution >= 4 is 87.0 Å². The van der Waals surface area contributed by atoms with Gasteiger partial charge in [0.05, 0.1) is 67.3 Å². The molecule has 114 heavy (non-hydrogen) atoms. The lowest BCUT2D eigenvalue weighted by atomic mass is 9.99. The molecule has 0 N–H and O–H groups in total. The van der Waals surface area contributed by atoms with Gasteiger partial charge >= 0.3 is 0 Å². The Labute approximate surface area is 658 Å². The molecule has 8 nitrogen and oxygen atoms in total. The minimum Gasteiger partial charge on any atom is -0.308 e. The quantitative estimate of drug-likeness (QED) is 0.113. The first-order valence-electron chi connectivity index (χ1n) is 38.6. The van der Waals surface area contributed by atoms with Crippen molar-refractivity contribution in [3.63, 3.8) is 0 Å². The van der Waals surface area contributed by atoms with Crippen LogP contribution in [0.15, 0.2) is 413 Å². The van der Waals surface area contributed by atoms with Crippen molar-refractivity contribution in [3.05, 3.63) is 413 Å². The van der Waals surface area contributed by atoms with E-state index in [-0.39, 0.29) is 0 Å². The third kappa shape index (κ3) is 12.1. The van der Waals surface area contributed by atoms with Crippen LogP contribution >= 0.6 is 0 Å². The third-order valence-electron chi connectivity index (χ3n) is 22.0. The Morgan fingerprint density at radius 2 is 0.439 bits per heavy atom. The molecule has 0 aliphatic heterocycles. The number of hydrogen-bond acceptors (Lipinski definition) is 6. The molecular weight excluding hydrogens is 1390 g/mol. The van der Waals surface area contributed by atoms with Gasteiger partial charge in [-0.3, -0.25) is 0 Å². The summed E-state index contributed by atoms with van der Waals surface area (Å²) in [4.78, 5) is 31.4. The zero-order chi connectivity index (χ0) is 75.4. The van der Waals surface area contributed by atoms with Gasteiger partial charge in [-0.2, -0.15) is 0 Å². The van der Waals surface area contributed by atoms with E-state index in [0.29, 0.717) is 11.6 Å². The number of aromatic nitrogens is 8. The summed E-state index contributed by atoms with van der Waals surface area (Å²) in [6.45, 7) is 0. The molecule has 532 valence electrons. The Morgan fingerprint density at radius 1 is 0.175 bits per heavy atom. The molecular formula is C106H68N8. The molecule has 0 bridgehead atoms. The van der Waals surface area contributed by atoms with Crippen LogP contribution in [0.4, 0.5) is 0 Å². The summed E-state index contributed by atoms with van der Waals surface area (Å²) in [6.07, 6.45) is 0. The summed E-state index contributed by atoms with van der Waals surface area (Å²) in [5.74, 6) is 1.38. The van der Waals surface area contributed by atoms with Crippen molar-refractivity contribution in [2.24, 2.45) is 0 Å². The maximum absolute atomic E-state index is 5.39. The van der Waals surface area contributed by atoms with Crippen LogP contribution in [0.5, 0.6) is 0 Å². The molecule has 0 unspecified atom stereocenters. The van der Waals surface area contributed by atoms with Gasteiger partial charge < -0.3 is 9.13 Å². The van der Waals surface area contributed by atoms with E-state index in [4.69, 9.17) is 29.9 Å². The fraction of sp³-hybridized carbons (Fsp3) is 0. The minimum absolute atomic E-state index is 0.680. The first-order valence-corrected chi connectivity index (χ1v) is 38.6. The largest absolute Gasteiger partial charge is 0.308 e. The van der Waals surface area contributed by atoms with Crippen molar-refractivity contribution in [2.45, 2.75) is 0 Å². The topological polar surface area (TPSA) is 87.2 Å². The van der Waals surface area contributed by atoms with E-state index in [1.807, 2.05) is 36.4 Å². The van der Waals surface area contributed by atoms with Crippen molar-refractivity contribution in [3.8, 4) is 124 Å². The fourth-order valence-electron chi connectivity index (χ4n) is 16.5. The summed E-state index contributed by atoms with van der Waals surface area (Å²) in [5, 5.41) is 11.7. The van der Waals surface area contributed by atoms with Crippen molar-refractivity contribution in [2.75, 3.05) is 0 Å². The number of hydrogen-bond donors (Lipinski definition) is 0. The lowest BCUT2D eigenvalue weighted by Crippen LogP contribution is -1.98. The lowest BCUT2D eigenvalue weighted by Gasteiger charge is -2.14. The number of pyridine rings is 2. The molecule has 22 aromatic rings. The highest BCUT2D eigenvalue weighted by Gasteiger charge is 2.25. The third-order valence-corrected chi connectivity index (χ3v) is 22.0. The first-order chi connectivity index (χ1) is 56.5. The molecule has 8 heteroatoms. The molecule has 6 heterocycles. The molecule has 0 saturated heterocycles. The number of para-hydroxylation sites is 2. The summed E-state index contributed by atoms with van der Waals surface area (Å²) >= 11 is 0. The molecule has 0 atom stereocenters. The second kappa shape index (κ2) is 28.6. The molecule has 22 rings (SSSR count). The van der Waals surface area contributed by atoms with Gasteiger partial charge in [-0.1, -0.05) is 340 Å². The van der Waals surface area contributed by atoms with E-state index in [9.17, 15) is 0 Å². The average Bonchev–Trinajstić information content (AvgIpc) is 1.55. The molecule has 6 aromatic heterocycles. The zero-order valence-electron chi connectivity index (χ0n) is 61.8. The highest BCUT2D eigenvalue weighted by atomic mass is 15.0. The van der Waals surface area contributed by atoms with Crippen LogP contribution in [-0.4, -0.2) is 39.0 Å². The van der Waals surface area contributed by atoms with Gasteiger partial charge in [-0.05, 0) is 117 Å². The van der Waals surface area contributed by atoms with Crippen LogP contribution in [0.2, 0.25) is 0 Å². The number of fused-ring (bicyclic) bond motifs is 14. The number of benzene rings is 16. The van der Waals surface area contributed by atoms with E-state index in [1.54, 1.807) is 0 Å². The maximum Gasteiger partial charge on any atom is 0.160 e. The summed E-state index contributed by atoms with van der Waals surface area (Å²) < 4.78 is 4.84. The Hall–Kier alpha value is -15.4. The summed E-state index contributed by atoms with van der Waals surface area (Å²) in [7, 11) is 0. The Morgan fingerprint density at radius 3 is 0.816 bits per heavy atom. The van der Waals surface area contributed by atoms with Crippen LogP contribution in [0, 0.1) is 0 Å². The van der Waals surface area contributed by atoms with Crippen LogP contribution in [-0.2, 0) is 0 Å². The zero-order valence-corrected chi connectivity index (χ0v) is 61.8. The van der Waals surface area contributed by atoms with Gasteiger partial charge in [-0.15, -0.1) is 0 Å². The molecule has 0 fully saturated rings. The van der Waals surface area contributed by atoms with E-state index in [1.165, 1.54) is 54.6 Å². The highest BCUT2D eigenvalue weighted by molar-refractivity contribution is 6.29. The van der Waals surface area contributed by atoms with Gasteiger partial charge in [0, 0.05) is 88.2 Å². The molecule has 0 amide bonds. The Kier molecular flexibility index (Phi) is 16.7. The molecule has 0 radical (unpaired) electrons. The summed E-state index contributed by atoms with van der Waals surface area (Å²) in [6, 6.07) is 145. The van der Waals surface area contributed by atoms with Gasteiger partial charge in [0.15, 0.2) is 11.6 Å². The lowest BCUT2D eigenvalue weighted by molar-refractivity contribution is 1.17. The van der Waals surface area contributed by atoms with E-state index in [0.717, 1.165) is 145 Å². The van der Waals surface area contributed by atoms with E-state index < -0.39 is 0 Å². The van der Waals surface area contributed by atoms with Crippen LogP contribution in [0.1, 0.15) is 0 Å². The highest BCUT2D eigenvalue weighted by Crippen LogP contribution is 2.47. The molecule has 0 aliphatic rings. The van der Waals surface area contributed by atoms with Gasteiger partial charge in [0.25, 0.3) is 0 Å². The Balaban J connectivity index is 0.000000143. The van der Waals surface area contributed by atoms with E-state index in [2.05, 4.69) is 385 Å². The first kappa shape index (κ1) is 66.8. The molecule has 0 aliphatic carbocycles. The molecule has 16 aromatic carbocycles. The van der Waals surface area contributed by atoms with Crippen molar-refractivity contribution < 1.29 is 0 Å². The normalized spacial score (nSPS) is 11.5. The number of nitrogens with zero attached hydrogens (tertiary/aromatic N) is 8. The summed E-state index contributed by atoms with van der Waals surface area (Å²) in [5.41, 5.74) is 27.1. The molecule has 0 spiro atoms. The van der Waals surface area contributed by atoms with Gasteiger partial charge in [-0.25, -0.2) is 29.9 Å². The van der Waals surface area contributed by atoms with Crippen LogP contribution in [0.3, 0.4) is 0 Å². The van der Waals surface area contributed by atoms with E-state index >= 15 is 0 Å². The van der Waals surface area contributed by atoms with Crippen LogP contribution in [0.25, 0.3) is 211 Å². The van der Waals surface area contributed by atoms with Gasteiger partial charge in [0.1, 0.15) is 0 Å². The standard InChI is InChI=1S/2C53H34N4/c1-4-14-35(15-5-1)36-24-26-38(27-25-36)46-34-47(56-53(55-46)41-19-8-3-9-20-41)39-28-31-42(32-29-39)57-48-23-13-12-22-44(48)50-51(40-17-6-2-7-18-40)54-45-33-30-37-16-10-11-21-43(37)49(45)52(50)57;1-4-14-35(15-5-1)36-24-26-39(27-25-36)47-34-46(38-17-6-2-7-18-38)55-53(56-47)41-28-31-42(32-29-41)57-48-23-13-12-22-44(48)50-51(40-19-8-3-9-20-40)54-45-33-30-37-16-10-11-21-43(37)49(45)52(50)57/h2*1-34H. The number of rotatable bonds is 12.